The largest absolute Gasteiger partial charge is 0.350 e. The molecule has 2 aromatic heterocycles. The van der Waals surface area contributed by atoms with Gasteiger partial charge in [-0.3, -0.25) is 4.68 Å². The van der Waals surface area contributed by atoms with Crippen LogP contribution in [-0.4, -0.2) is 19.9 Å². The van der Waals surface area contributed by atoms with Gasteiger partial charge in [0.25, 0.3) is 0 Å². The molecule has 0 aliphatic heterocycles. The van der Waals surface area contributed by atoms with Crippen molar-refractivity contribution < 1.29 is 0 Å². The highest BCUT2D eigenvalue weighted by molar-refractivity contribution is 5.09. The fourth-order valence-corrected chi connectivity index (χ4v) is 2.03. The van der Waals surface area contributed by atoms with Crippen molar-refractivity contribution in [3.8, 4) is 0 Å². The number of hydrogen-bond donors (Lipinski definition) is 1. The second kappa shape index (κ2) is 5.61. The third-order valence-electron chi connectivity index (χ3n) is 3.12. The molecule has 4 heteroatoms. The Labute approximate surface area is 115 Å². The van der Waals surface area contributed by atoms with Gasteiger partial charge in [-0.1, -0.05) is 0 Å². The lowest BCUT2D eigenvalue weighted by molar-refractivity contribution is 0.415. The Morgan fingerprint density at radius 3 is 2.74 bits per heavy atom. The minimum absolute atomic E-state index is 0.151. The Morgan fingerprint density at radius 1 is 1.32 bits per heavy atom. The molecule has 0 aliphatic rings. The third kappa shape index (κ3) is 4.24. The lowest BCUT2D eigenvalue weighted by Crippen LogP contribution is -2.35. The van der Waals surface area contributed by atoms with Gasteiger partial charge in [0.15, 0.2) is 0 Å². The van der Waals surface area contributed by atoms with Gasteiger partial charge in [0.05, 0.1) is 6.20 Å². The van der Waals surface area contributed by atoms with Crippen molar-refractivity contribution in [1.82, 2.24) is 19.7 Å². The summed E-state index contributed by atoms with van der Waals surface area (Å²) in [6.07, 6.45) is 7.19. The number of aryl methyl sites for hydroxylation is 3. The van der Waals surface area contributed by atoms with Crippen LogP contribution < -0.4 is 5.32 Å². The van der Waals surface area contributed by atoms with Gasteiger partial charge in [0, 0.05) is 43.8 Å². The summed E-state index contributed by atoms with van der Waals surface area (Å²) >= 11 is 0. The van der Waals surface area contributed by atoms with Gasteiger partial charge in [-0.05, 0) is 44.9 Å². The molecule has 0 radical (unpaired) electrons. The summed E-state index contributed by atoms with van der Waals surface area (Å²) in [6.45, 7) is 8.48. The molecule has 0 amide bonds. The molecule has 0 aromatic carbocycles. The molecular formula is C15H24N4. The van der Waals surface area contributed by atoms with E-state index in [2.05, 4.69) is 60.3 Å². The van der Waals surface area contributed by atoms with Crippen molar-refractivity contribution in [1.29, 1.82) is 0 Å². The Morgan fingerprint density at radius 2 is 2.11 bits per heavy atom. The van der Waals surface area contributed by atoms with Crippen LogP contribution in [-0.2, 0) is 26.6 Å². The predicted octanol–water partition coefficient (Wildman–Crippen LogP) is 2.35. The van der Waals surface area contributed by atoms with Crippen LogP contribution in [0.2, 0.25) is 0 Å². The normalized spacial score (nSPS) is 12.0. The molecule has 0 bridgehead atoms. The van der Waals surface area contributed by atoms with Gasteiger partial charge >= 0.3 is 0 Å². The van der Waals surface area contributed by atoms with Crippen molar-refractivity contribution in [2.75, 3.05) is 0 Å². The summed E-state index contributed by atoms with van der Waals surface area (Å²) in [6, 6.07) is 4.30. The molecule has 0 spiro atoms. The van der Waals surface area contributed by atoms with E-state index in [9.17, 15) is 0 Å². The van der Waals surface area contributed by atoms with Crippen LogP contribution in [0.1, 0.15) is 32.0 Å². The first-order chi connectivity index (χ1) is 8.94. The summed E-state index contributed by atoms with van der Waals surface area (Å²) in [5.74, 6) is 0. The Balaban J connectivity index is 1.92. The van der Waals surface area contributed by atoms with Crippen molar-refractivity contribution in [2.45, 2.75) is 45.8 Å². The topological polar surface area (TPSA) is 34.8 Å². The summed E-state index contributed by atoms with van der Waals surface area (Å²) in [7, 11) is 1.96. The SMILES string of the molecule is Cn1cc(CCn2cccc2CNC(C)(C)C)cn1. The van der Waals surface area contributed by atoms with E-state index in [-0.39, 0.29) is 5.54 Å². The van der Waals surface area contributed by atoms with E-state index in [0.29, 0.717) is 0 Å². The van der Waals surface area contributed by atoms with E-state index in [0.717, 1.165) is 19.5 Å². The van der Waals surface area contributed by atoms with Gasteiger partial charge in [0.2, 0.25) is 0 Å². The summed E-state index contributed by atoms with van der Waals surface area (Å²) in [4.78, 5) is 0. The van der Waals surface area contributed by atoms with E-state index in [1.807, 2.05) is 17.9 Å². The van der Waals surface area contributed by atoms with Crippen molar-refractivity contribution in [2.24, 2.45) is 7.05 Å². The number of hydrogen-bond acceptors (Lipinski definition) is 2. The first-order valence-corrected chi connectivity index (χ1v) is 6.80. The Kier molecular flexibility index (Phi) is 4.10. The maximum absolute atomic E-state index is 4.20. The fraction of sp³-hybridized carbons (Fsp3) is 0.533. The van der Waals surface area contributed by atoms with E-state index < -0.39 is 0 Å². The van der Waals surface area contributed by atoms with Crippen LogP contribution in [0.3, 0.4) is 0 Å². The Bertz CT molecular complexity index is 516. The van der Waals surface area contributed by atoms with Crippen LogP contribution in [0.5, 0.6) is 0 Å². The van der Waals surface area contributed by atoms with Crippen molar-refractivity contribution >= 4 is 0 Å². The Hall–Kier alpha value is -1.55. The second-order valence-corrected chi connectivity index (χ2v) is 6.07. The zero-order valence-electron chi connectivity index (χ0n) is 12.3. The minimum Gasteiger partial charge on any atom is -0.350 e. The molecule has 19 heavy (non-hydrogen) atoms. The summed E-state index contributed by atoms with van der Waals surface area (Å²) < 4.78 is 4.17. The maximum Gasteiger partial charge on any atom is 0.0522 e. The van der Waals surface area contributed by atoms with Gasteiger partial charge < -0.3 is 9.88 Å². The predicted molar refractivity (Wildman–Crippen MR) is 77.9 cm³/mol. The molecule has 0 saturated heterocycles. The molecule has 0 saturated carbocycles. The number of nitrogens with zero attached hydrogens (tertiary/aromatic N) is 3. The number of aromatic nitrogens is 3. The zero-order valence-corrected chi connectivity index (χ0v) is 12.3. The third-order valence-corrected chi connectivity index (χ3v) is 3.12. The van der Waals surface area contributed by atoms with Crippen LogP contribution in [0.4, 0.5) is 0 Å². The maximum atomic E-state index is 4.20. The van der Waals surface area contributed by atoms with Crippen LogP contribution in [0.25, 0.3) is 0 Å². The highest BCUT2D eigenvalue weighted by atomic mass is 15.2. The van der Waals surface area contributed by atoms with E-state index in [1.54, 1.807) is 0 Å². The molecule has 2 rings (SSSR count). The van der Waals surface area contributed by atoms with Crippen molar-refractivity contribution in [3.05, 3.63) is 42.0 Å². The zero-order chi connectivity index (χ0) is 13.9. The molecule has 104 valence electrons. The molecule has 0 atom stereocenters. The lowest BCUT2D eigenvalue weighted by Gasteiger charge is -2.21. The van der Waals surface area contributed by atoms with Gasteiger partial charge in [-0.2, -0.15) is 5.10 Å². The highest BCUT2D eigenvalue weighted by Gasteiger charge is 2.10. The van der Waals surface area contributed by atoms with E-state index >= 15 is 0 Å². The quantitative estimate of drug-likeness (QED) is 0.895. The summed E-state index contributed by atoms with van der Waals surface area (Å²) in [5, 5.41) is 7.73. The molecule has 0 aliphatic carbocycles. The van der Waals surface area contributed by atoms with Gasteiger partial charge in [-0.25, -0.2) is 0 Å². The van der Waals surface area contributed by atoms with Gasteiger partial charge in [-0.15, -0.1) is 0 Å². The minimum atomic E-state index is 0.151. The smallest absolute Gasteiger partial charge is 0.0522 e. The fourth-order valence-electron chi connectivity index (χ4n) is 2.03. The van der Waals surface area contributed by atoms with Crippen molar-refractivity contribution in [3.63, 3.8) is 0 Å². The highest BCUT2D eigenvalue weighted by Crippen LogP contribution is 2.08. The molecule has 0 unspecified atom stereocenters. The monoisotopic (exact) mass is 260 g/mol. The number of nitrogens with one attached hydrogen (secondary N) is 1. The molecule has 0 fully saturated rings. The summed E-state index contributed by atoms with van der Waals surface area (Å²) in [5.41, 5.74) is 2.77. The van der Waals surface area contributed by atoms with Crippen LogP contribution in [0.15, 0.2) is 30.7 Å². The molecule has 2 aromatic rings. The first kappa shape index (κ1) is 13.9. The first-order valence-electron chi connectivity index (χ1n) is 6.80. The standard InChI is InChI=1S/C15H24N4/c1-15(2,3)16-11-14-6-5-8-19(14)9-7-13-10-17-18(4)12-13/h5-6,8,10,12,16H,7,9,11H2,1-4H3. The molecule has 4 nitrogen and oxygen atoms in total. The van der Waals surface area contributed by atoms with Gasteiger partial charge in [0.1, 0.15) is 0 Å². The average molecular weight is 260 g/mol. The number of rotatable bonds is 5. The molecule has 2 heterocycles. The average Bonchev–Trinajstić information content (AvgIpc) is 2.91. The second-order valence-electron chi connectivity index (χ2n) is 6.07. The van der Waals surface area contributed by atoms with E-state index in [4.69, 9.17) is 0 Å². The van der Waals surface area contributed by atoms with Crippen LogP contribution in [0, 0.1) is 0 Å². The molecular weight excluding hydrogens is 236 g/mol. The lowest BCUT2D eigenvalue weighted by atomic mass is 10.1. The molecule has 1 N–H and O–H groups in total. The van der Waals surface area contributed by atoms with Crippen LogP contribution >= 0.6 is 0 Å². The van der Waals surface area contributed by atoms with E-state index in [1.165, 1.54) is 11.3 Å².